The molecule has 1 heterocycles. The van der Waals surface area contributed by atoms with Crippen molar-refractivity contribution in [2.45, 2.75) is 30.7 Å². The second-order valence-corrected chi connectivity index (χ2v) is 9.20. The number of amides is 1. The molecule has 0 spiro atoms. The van der Waals surface area contributed by atoms with Crippen LogP contribution in [0.15, 0.2) is 53.4 Å². The molecule has 0 aromatic heterocycles. The fraction of sp³-hybridized carbons (Fsp3) is 0.348. The van der Waals surface area contributed by atoms with E-state index in [2.05, 4.69) is 27.7 Å². The Hall–Kier alpha value is -2.82. The first-order valence-electron chi connectivity index (χ1n) is 10.0. The Morgan fingerprint density at radius 3 is 2.50 bits per heavy atom. The minimum absolute atomic E-state index is 0.0166. The number of hydrogen-bond acceptors (Lipinski definition) is 4. The van der Waals surface area contributed by atoms with Crippen LogP contribution < -0.4 is 9.62 Å². The van der Waals surface area contributed by atoms with Gasteiger partial charge in [0, 0.05) is 37.9 Å². The third-order valence-corrected chi connectivity index (χ3v) is 6.58. The zero-order valence-electron chi connectivity index (χ0n) is 17.2. The molecule has 0 saturated carbocycles. The van der Waals surface area contributed by atoms with Crippen molar-refractivity contribution >= 4 is 21.6 Å². The van der Waals surface area contributed by atoms with Gasteiger partial charge in [0.1, 0.15) is 0 Å². The molecule has 6 nitrogen and oxygen atoms in total. The first-order chi connectivity index (χ1) is 14.4. The second kappa shape index (κ2) is 9.79. The number of hydrogen-bond donors (Lipinski definition) is 1. The number of carbonyl (C=O) groups is 1. The van der Waals surface area contributed by atoms with Gasteiger partial charge in [-0.1, -0.05) is 24.1 Å². The van der Waals surface area contributed by atoms with E-state index in [4.69, 9.17) is 6.42 Å². The number of piperidine rings is 1. The highest BCUT2D eigenvalue weighted by atomic mass is 32.2. The summed E-state index contributed by atoms with van der Waals surface area (Å²) in [6, 6.07) is 14.3. The third kappa shape index (κ3) is 5.41. The highest BCUT2D eigenvalue weighted by Crippen LogP contribution is 2.21. The predicted octanol–water partition coefficient (Wildman–Crippen LogP) is 2.86. The molecule has 1 fully saturated rings. The lowest BCUT2D eigenvalue weighted by Crippen LogP contribution is -2.29. The van der Waals surface area contributed by atoms with E-state index in [1.165, 1.54) is 37.1 Å². The Balaban J connectivity index is 1.67. The lowest BCUT2D eigenvalue weighted by atomic mass is 10.1. The van der Waals surface area contributed by atoms with Crippen molar-refractivity contribution in [3.8, 4) is 12.3 Å². The molecule has 0 atom stereocenters. The third-order valence-electron chi connectivity index (χ3n) is 5.18. The summed E-state index contributed by atoms with van der Waals surface area (Å²) in [5, 5.41) is 0. The van der Waals surface area contributed by atoms with Crippen LogP contribution in [-0.4, -0.2) is 45.9 Å². The molecule has 1 N–H and O–H groups in total. The van der Waals surface area contributed by atoms with Crippen LogP contribution in [0.5, 0.6) is 0 Å². The van der Waals surface area contributed by atoms with Gasteiger partial charge < -0.3 is 9.80 Å². The molecule has 0 aliphatic carbocycles. The summed E-state index contributed by atoms with van der Waals surface area (Å²) in [6.07, 6.45) is 8.87. The molecule has 1 amide bonds. The van der Waals surface area contributed by atoms with E-state index < -0.39 is 10.0 Å². The van der Waals surface area contributed by atoms with E-state index in [0.29, 0.717) is 12.1 Å². The molecule has 158 valence electrons. The Kier molecular flexibility index (Phi) is 7.14. The van der Waals surface area contributed by atoms with Gasteiger partial charge in [-0.15, -0.1) is 6.42 Å². The molecule has 0 bridgehead atoms. The molecule has 2 aromatic carbocycles. The lowest BCUT2D eigenvalue weighted by molar-refractivity contribution is 0.0785. The average molecular weight is 426 g/mol. The Labute approximate surface area is 178 Å². The van der Waals surface area contributed by atoms with Crippen molar-refractivity contribution < 1.29 is 13.2 Å². The van der Waals surface area contributed by atoms with Gasteiger partial charge in [0.2, 0.25) is 10.0 Å². The van der Waals surface area contributed by atoms with Gasteiger partial charge in [-0.05, 0) is 55.2 Å². The minimum atomic E-state index is -3.75. The number of terminal acetylenes is 1. The lowest BCUT2D eigenvalue weighted by Gasteiger charge is -2.29. The fourth-order valence-electron chi connectivity index (χ4n) is 3.55. The van der Waals surface area contributed by atoms with Crippen LogP contribution in [0, 0.1) is 12.3 Å². The van der Waals surface area contributed by atoms with Gasteiger partial charge in [0.25, 0.3) is 5.91 Å². The topological polar surface area (TPSA) is 69.7 Å². The van der Waals surface area contributed by atoms with Crippen molar-refractivity contribution in [2.75, 3.05) is 31.6 Å². The summed E-state index contributed by atoms with van der Waals surface area (Å²) < 4.78 is 26.8. The van der Waals surface area contributed by atoms with E-state index in [0.717, 1.165) is 18.7 Å². The molecule has 7 heteroatoms. The first-order valence-corrected chi connectivity index (χ1v) is 11.5. The van der Waals surface area contributed by atoms with E-state index >= 15 is 0 Å². The van der Waals surface area contributed by atoms with E-state index in [9.17, 15) is 13.2 Å². The largest absolute Gasteiger partial charge is 0.372 e. The summed E-state index contributed by atoms with van der Waals surface area (Å²) >= 11 is 0. The molecule has 2 aromatic rings. The molecule has 0 unspecified atom stereocenters. The van der Waals surface area contributed by atoms with Crippen LogP contribution in [0.25, 0.3) is 0 Å². The van der Waals surface area contributed by atoms with Gasteiger partial charge in [0.15, 0.2) is 0 Å². The Bertz CT molecular complexity index is 1020. The van der Waals surface area contributed by atoms with Gasteiger partial charge >= 0.3 is 0 Å². The van der Waals surface area contributed by atoms with Crippen LogP contribution in [-0.2, 0) is 16.6 Å². The van der Waals surface area contributed by atoms with Gasteiger partial charge in [0.05, 0.1) is 11.4 Å². The average Bonchev–Trinajstić information content (AvgIpc) is 2.78. The van der Waals surface area contributed by atoms with Crippen molar-refractivity contribution in [1.82, 2.24) is 9.62 Å². The maximum Gasteiger partial charge on any atom is 0.253 e. The van der Waals surface area contributed by atoms with Crippen LogP contribution in [0.3, 0.4) is 0 Å². The number of nitrogens with zero attached hydrogens (tertiary/aromatic N) is 2. The molecular formula is C23H27N3O3S. The highest BCUT2D eigenvalue weighted by molar-refractivity contribution is 7.89. The summed E-state index contributed by atoms with van der Waals surface area (Å²) in [4.78, 5) is 16.8. The number of sulfonamides is 1. The molecule has 3 rings (SSSR count). The van der Waals surface area contributed by atoms with Crippen LogP contribution in [0.1, 0.15) is 35.2 Å². The summed E-state index contributed by atoms with van der Waals surface area (Å²) in [6.45, 7) is 2.51. The smallest absolute Gasteiger partial charge is 0.253 e. The quantitative estimate of drug-likeness (QED) is 0.693. The number of carbonyl (C=O) groups excluding carboxylic acids is 1. The van der Waals surface area contributed by atoms with E-state index in [1.54, 1.807) is 24.1 Å². The fourth-order valence-corrected chi connectivity index (χ4v) is 4.53. The van der Waals surface area contributed by atoms with Gasteiger partial charge in [-0.2, -0.15) is 4.72 Å². The zero-order valence-corrected chi connectivity index (χ0v) is 18.0. The van der Waals surface area contributed by atoms with Gasteiger partial charge in [-0.25, -0.2) is 8.42 Å². The maximum absolute atomic E-state index is 12.8. The number of benzene rings is 2. The molecule has 1 aliphatic heterocycles. The van der Waals surface area contributed by atoms with E-state index in [-0.39, 0.29) is 17.3 Å². The van der Waals surface area contributed by atoms with Crippen molar-refractivity contribution in [1.29, 1.82) is 0 Å². The van der Waals surface area contributed by atoms with Crippen molar-refractivity contribution in [3.05, 3.63) is 59.7 Å². The van der Waals surface area contributed by atoms with Crippen molar-refractivity contribution in [3.63, 3.8) is 0 Å². The molecule has 0 radical (unpaired) electrons. The molecule has 1 aliphatic rings. The number of rotatable bonds is 7. The summed E-state index contributed by atoms with van der Waals surface area (Å²) in [5.74, 6) is 1.99. The number of anilines is 1. The molecule has 1 saturated heterocycles. The molecule has 30 heavy (non-hydrogen) atoms. The first kappa shape index (κ1) is 21.9. The zero-order chi connectivity index (χ0) is 21.6. The maximum atomic E-state index is 12.8. The minimum Gasteiger partial charge on any atom is -0.372 e. The summed E-state index contributed by atoms with van der Waals surface area (Å²) in [5.41, 5.74) is 2.54. The molecular weight excluding hydrogens is 398 g/mol. The Morgan fingerprint density at radius 2 is 1.83 bits per heavy atom. The Morgan fingerprint density at radius 1 is 1.13 bits per heavy atom. The summed E-state index contributed by atoms with van der Waals surface area (Å²) in [7, 11) is -2.04. The van der Waals surface area contributed by atoms with Gasteiger partial charge in [-0.3, -0.25) is 4.79 Å². The highest BCUT2D eigenvalue weighted by Gasteiger charge is 2.18. The normalized spacial score (nSPS) is 14.2. The second-order valence-electron chi connectivity index (χ2n) is 7.43. The predicted molar refractivity (Wildman–Crippen MR) is 119 cm³/mol. The SMILES string of the molecule is C#CCNS(=O)(=O)c1cccc(C(=O)N(C)Cc2ccc(N3CCCCC3)cc2)c1. The standard InChI is InChI=1S/C23H27N3O3S/c1-3-14-24-30(28,29)22-9-7-8-20(17-22)23(27)25(2)18-19-10-12-21(13-11-19)26-15-5-4-6-16-26/h1,7-13,17,24H,4-6,14-16,18H2,2H3. The van der Waals surface area contributed by atoms with E-state index in [1.807, 2.05) is 12.1 Å². The van der Waals surface area contributed by atoms with Crippen LogP contribution in [0.2, 0.25) is 0 Å². The monoisotopic (exact) mass is 425 g/mol. The van der Waals surface area contributed by atoms with Crippen molar-refractivity contribution in [2.24, 2.45) is 0 Å². The van der Waals surface area contributed by atoms with Crippen LogP contribution >= 0.6 is 0 Å². The van der Waals surface area contributed by atoms with Crippen LogP contribution in [0.4, 0.5) is 5.69 Å². The number of nitrogens with one attached hydrogen (secondary N) is 1.